The van der Waals surface area contributed by atoms with Gasteiger partial charge in [0.05, 0.1) is 28.5 Å². The molecule has 2 fully saturated rings. The van der Waals surface area contributed by atoms with E-state index in [4.69, 9.17) is 18.6 Å². The predicted octanol–water partition coefficient (Wildman–Crippen LogP) is 3.31. The fourth-order valence-corrected chi connectivity index (χ4v) is 3.15. The van der Waals surface area contributed by atoms with E-state index in [1.54, 1.807) is 6.92 Å². The molecule has 5 nitrogen and oxygen atoms in total. The standard InChI is InChI=1S/C17H34B2O5/c1-12(20)10-13(19-23-16(6,7)17(8,9)24-19)11-18-21-14(2,3)15(4,5)22-18/h12-13,20H,10-11H2,1-9H3/t12-,13-/m1/s1. The minimum atomic E-state index is -0.434. The molecule has 2 aliphatic heterocycles. The number of hydrogen-bond acceptors (Lipinski definition) is 5. The van der Waals surface area contributed by atoms with Crippen LogP contribution < -0.4 is 0 Å². The lowest BCUT2D eigenvalue weighted by molar-refractivity contribution is 0.00578. The normalized spacial score (nSPS) is 29.8. The SMILES string of the molecule is C[C@@H](O)C[C@H](CB1OC(C)(C)C(C)(C)O1)B1OC(C)(C)C(C)(C)O1. The summed E-state index contributed by atoms with van der Waals surface area (Å²) in [6.45, 7) is 18.2. The van der Waals surface area contributed by atoms with Gasteiger partial charge in [-0.2, -0.15) is 0 Å². The Bertz CT molecular complexity index is 430. The molecule has 0 spiro atoms. The molecule has 7 heteroatoms. The van der Waals surface area contributed by atoms with E-state index < -0.39 is 6.10 Å². The first-order valence-corrected chi connectivity index (χ1v) is 9.06. The minimum Gasteiger partial charge on any atom is -0.403 e. The van der Waals surface area contributed by atoms with Crippen LogP contribution >= 0.6 is 0 Å². The van der Waals surface area contributed by atoms with E-state index in [0.717, 1.165) is 0 Å². The second kappa shape index (κ2) is 6.27. The van der Waals surface area contributed by atoms with Crippen LogP contribution in [0.5, 0.6) is 0 Å². The third-order valence-electron chi connectivity index (χ3n) is 6.10. The number of aliphatic hydroxyl groups excluding tert-OH is 1. The van der Waals surface area contributed by atoms with Crippen molar-refractivity contribution in [3.8, 4) is 0 Å². The van der Waals surface area contributed by atoms with Crippen molar-refractivity contribution in [3.05, 3.63) is 0 Å². The first-order valence-electron chi connectivity index (χ1n) is 9.06. The zero-order valence-corrected chi connectivity index (χ0v) is 16.8. The van der Waals surface area contributed by atoms with Gasteiger partial charge in [0.25, 0.3) is 0 Å². The molecule has 0 bridgehead atoms. The van der Waals surface area contributed by atoms with Gasteiger partial charge in [0.1, 0.15) is 0 Å². The van der Waals surface area contributed by atoms with Crippen molar-refractivity contribution in [2.45, 2.75) is 109 Å². The third-order valence-corrected chi connectivity index (χ3v) is 6.10. The second-order valence-corrected chi connectivity index (χ2v) is 9.39. The van der Waals surface area contributed by atoms with E-state index in [1.807, 2.05) is 55.4 Å². The maximum absolute atomic E-state index is 9.93. The van der Waals surface area contributed by atoms with Crippen molar-refractivity contribution >= 4 is 14.2 Å². The van der Waals surface area contributed by atoms with Crippen LogP contribution in [0.15, 0.2) is 0 Å². The zero-order chi connectivity index (χ0) is 18.6. The Hall–Kier alpha value is -0.0701. The van der Waals surface area contributed by atoms with E-state index in [2.05, 4.69) is 0 Å². The lowest BCUT2D eigenvalue weighted by Gasteiger charge is -2.32. The molecule has 0 unspecified atom stereocenters. The van der Waals surface area contributed by atoms with E-state index in [0.29, 0.717) is 12.7 Å². The second-order valence-electron chi connectivity index (χ2n) is 9.39. The van der Waals surface area contributed by atoms with Crippen LogP contribution in [-0.2, 0) is 18.6 Å². The Morgan fingerprint density at radius 3 is 1.50 bits per heavy atom. The molecular weight excluding hydrogens is 306 g/mol. The summed E-state index contributed by atoms with van der Waals surface area (Å²) in [5.41, 5.74) is -1.49. The van der Waals surface area contributed by atoms with Crippen LogP contribution in [0, 0.1) is 0 Å². The molecule has 2 heterocycles. The molecule has 24 heavy (non-hydrogen) atoms. The molecule has 0 aromatic heterocycles. The summed E-state index contributed by atoms with van der Waals surface area (Å²) in [6.07, 6.45) is 0.784. The highest BCUT2D eigenvalue weighted by Gasteiger charge is 2.57. The quantitative estimate of drug-likeness (QED) is 0.778. The lowest BCUT2D eigenvalue weighted by Crippen LogP contribution is -2.41. The van der Waals surface area contributed by atoms with E-state index in [1.165, 1.54) is 0 Å². The highest BCUT2D eigenvalue weighted by Crippen LogP contribution is 2.45. The summed E-state index contributed by atoms with van der Waals surface area (Å²) >= 11 is 0. The maximum Gasteiger partial charge on any atom is 0.460 e. The molecule has 0 aliphatic carbocycles. The van der Waals surface area contributed by atoms with Crippen LogP contribution in [0.1, 0.15) is 68.7 Å². The molecule has 138 valence electrons. The van der Waals surface area contributed by atoms with Crippen LogP contribution in [0.4, 0.5) is 0 Å². The summed E-state index contributed by atoms with van der Waals surface area (Å²) < 4.78 is 24.6. The molecule has 2 atom stereocenters. The van der Waals surface area contributed by atoms with Gasteiger partial charge in [-0.3, -0.25) is 0 Å². The summed E-state index contributed by atoms with van der Waals surface area (Å²) in [7, 11) is -0.693. The van der Waals surface area contributed by atoms with Gasteiger partial charge in [0.2, 0.25) is 0 Å². The molecule has 0 radical (unpaired) electrons. The van der Waals surface area contributed by atoms with E-state index >= 15 is 0 Å². The molecule has 0 saturated carbocycles. The summed E-state index contributed by atoms with van der Waals surface area (Å²) in [4.78, 5) is 0. The fourth-order valence-electron chi connectivity index (χ4n) is 3.15. The highest BCUT2D eigenvalue weighted by molar-refractivity contribution is 6.53. The van der Waals surface area contributed by atoms with E-state index in [-0.39, 0.29) is 42.5 Å². The molecule has 2 rings (SSSR count). The molecule has 2 aliphatic rings. The van der Waals surface area contributed by atoms with Gasteiger partial charge in [-0.1, -0.05) is 0 Å². The van der Waals surface area contributed by atoms with Crippen molar-refractivity contribution in [3.63, 3.8) is 0 Å². The Labute approximate surface area is 148 Å². The molecule has 2 saturated heterocycles. The monoisotopic (exact) mass is 340 g/mol. The van der Waals surface area contributed by atoms with Gasteiger partial charge in [0.15, 0.2) is 0 Å². The summed E-state index contributed by atoms with van der Waals surface area (Å²) in [5.74, 6) is 0.000694. The lowest BCUT2D eigenvalue weighted by atomic mass is 9.59. The summed E-state index contributed by atoms with van der Waals surface area (Å²) in [5, 5.41) is 9.93. The van der Waals surface area contributed by atoms with E-state index in [9.17, 15) is 5.11 Å². The average molecular weight is 340 g/mol. The number of aliphatic hydroxyl groups is 1. The van der Waals surface area contributed by atoms with Gasteiger partial charge < -0.3 is 23.7 Å². The van der Waals surface area contributed by atoms with Crippen LogP contribution in [-0.4, -0.2) is 47.9 Å². The third kappa shape index (κ3) is 3.85. The molecule has 0 aromatic rings. The molecule has 0 amide bonds. The van der Waals surface area contributed by atoms with Gasteiger partial charge >= 0.3 is 14.2 Å². The van der Waals surface area contributed by atoms with Gasteiger partial charge in [-0.05, 0) is 80.9 Å². The van der Waals surface area contributed by atoms with Crippen LogP contribution in [0.3, 0.4) is 0 Å². The van der Waals surface area contributed by atoms with Crippen molar-refractivity contribution in [1.82, 2.24) is 0 Å². The Morgan fingerprint density at radius 2 is 1.12 bits per heavy atom. The fraction of sp³-hybridized carbons (Fsp3) is 1.00. The maximum atomic E-state index is 9.93. The van der Waals surface area contributed by atoms with Gasteiger partial charge in [-0.25, -0.2) is 0 Å². The Morgan fingerprint density at radius 1 is 0.750 bits per heavy atom. The van der Waals surface area contributed by atoms with Crippen molar-refractivity contribution in [2.24, 2.45) is 0 Å². The summed E-state index contributed by atoms with van der Waals surface area (Å²) in [6, 6.07) is 0. The molecular formula is C17H34B2O5. The molecule has 0 aromatic carbocycles. The highest BCUT2D eigenvalue weighted by atomic mass is 16.7. The van der Waals surface area contributed by atoms with Crippen LogP contribution in [0.25, 0.3) is 0 Å². The van der Waals surface area contributed by atoms with Crippen LogP contribution in [0.2, 0.25) is 12.1 Å². The van der Waals surface area contributed by atoms with Crippen molar-refractivity contribution in [2.75, 3.05) is 0 Å². The predicted molar refractivity (Wildman–Crippen MR) is 97.0 cm³/mol. The Kier molecular flexibility index (Phi) is 5.29. The first-order chi connectivity index (χ1) is 10.7. The number of rotatable bonds is 5. The van der Waals surface area contributed by atoms with Crippen molar-refractivity contribution in [1.29, 1.82) is 0 Å². The topological polar surface area (TPSA) is 57.2 Å². The smallest absolute Gasteiger partial charge is 0.403 e. The average Bonchev–Trinajstić information content (AvgIpc) is 2.67. The minimum absolute atomic E-state index is 0.000694. The Balaban J connectivity index is 2.11. The largest absolute Gasteiger partial charge is 0.460 e. The van der Waals surface area contributed by atoms with Gasteiger partial charge in [0, 0.05) is 0 Å². The van der Waals surface area contributed by atoms with Crippen molar-refractivity contribution < 1.29 is 23.7 Å². The number of hydrogen-bond donors (Lipinski definition) is 1. The molecule has 1 N–H and O–H groups in total. The zero-order valence-electron chi connectivity index (χ0n) is 16.8. The van der Waals surface area contributed by atoms with Gasteiger partial charge in [-0.15, -0.1) is 0 Å². The first kappa shape index (κ1) is 20.2.